The molecule has 0 unspecified atom stereocenters. The van der Waals surface area contributed by atoms with Crippen LogP contribution in [-0.2, 0) is 10.0 Å². The predicted molar refractivity (Wildman–Crippen MR) is 86.2 cm³/mol. The molecule has 0 atom stereocenters. The number of benzene rings is 1. The number of nitrogens with one attached hydrogen (secondary N) is 1. The highest BCUT2D eigenvalue weighted by Crippen LogP contribution is 2.30. The largest absolute Gasteiger partial charge is 0.495 e. The van der Waals surface area contributed by atoms with E-state index in [0.29, 0.717) is 16.5 Å². The third-order valence-electron chi connectivity index (χ3n) is 3.10. The number of hydrogen-bond acceptors (Lipinski definition) is 4. The molecule has 0 saturated carbocycles. The monoisotopic (exact) mass is 343 g/mol. The van der Waals surface area contributed by atoms with Crippen molar-refractivity contribution in [3.8, 4) is 5.75 Å². The van der Waals surface area contributed by atoms with Gasteiger partial charge in [0.05, 0.1) is 18.5 Å². The Balaban J connectivity index is 2.42. The molecule has 8 heteroatoms. The Morgan fingerprint density at radius 3 is 2.59 bits per heavy atom. The van der Waals surface area contributed by atoms with Crippen molar-refractivity contribution in [1.82, 2.24) is 9.78 Å². The van der Waals surface area contributed by atoms with Crippen LogP contribution in [0, 0.1) is 6.92 Å². The van der Waals surface area contributed by atoms with Crippen LogP contribution in [0.15, 0.2) is 29.3 Å². The number of nitrogens with zero attached hydrogens (tertiary/aromatic N) is 2. The molecule has 1 heterocycles. The van der Waals surface area contributed by atoms with Gasteiger partial charge in [0.2, 0.25) is 0 Å². The summed E-state index contributed by atoms with van der Waals surface area (Å²) >= 11 is 5.92. The van der Waals surface area contributed by atoms with Gasteiger partial charge in [0.25, 0.3) is 10.0 Å². The van der Waals surface area contributed by atoms with Gasteiger partial charge in [0, 0.05) is 17.3 Å². The number of ether oxygens (including phenoxy) is 1. The molecule has 0 aliphatic rings. The lowest BCUT2D eigenvalue weighted by Crippen LogP contribution is -2.14. The number of sulfonamides is 1. The Morgan fingerprint density at radius 2 is 2.05 bits per heavy atom. The molecule has 6 nitrogen and oxygen atoms in total. The first-order chi connectivity index (χ1) is 10.2. The van der Waals surface area contributed by atoms with Gasteiger partial charge in [0.15, 0.2) is 0 Å². The topological polar surface area (TPSA) is 73.2 Å². The van der Waals surface area contributed by atoms with Crippen LogP contribution < -0.4 is 9.46 Å². The van der Waals surface area contributed by atoms with E-state index in [-0.39, 0.29) is 16.6 Å². The first kappa shape index (κ1) is 16.6. The number of aromatic nitrogens is 2. The van der Waals surface area contributed by atoms with Crippen LogP contribution in [0.4, 0.5) is 5.69 Å². The van der Waals surface area contributed by atoms with E-state index in [1.807, 2.05) is 13.8 Å². The summed E-state index contributed by atoms with van der Waals surface area (Å²) in [6.07, 6.45) is 1.51. The maximum atomic E-state index is 12.6. The minimum Gasteiger partial charge on any atom is -0.495 e. The third kappa shape index (κ3) is 3.36. The fourth-order valence-corrected chi connectivity index (χ4v) is 3.36. The van der Waals surface area contributed by atoms with Crippen LogP contribution >= 0.6 is 11.6 Å². The molecule has 22 heavy (non-hydrogen) atoms. The first-order valence-electron chi connectivity index (χ1n) is 6.66. The number of anilines is 1. The average Bonchev–Trinajstić information content (AvgIpc) is 2.82. The predicted octanol–water partition coefficient (Wildman–Crippen LogP) is 3.24. The molecule has 0 spiro atoms. The molecule has 1 aromatic heterocycles. The van der Waals surface area contributed by atoms with Crippen molar-refractivity contribution in [3.05, 3.63) is 35.1 Å². The number of aryl methyl sites for hydroxylation is 1. The maximum Gasteiger partial charge on any atom is 0.265 e. The van der Waals surface area contributed by atoms with E-state index in [4.69, 9.17) is 16.3 Å². The van der Waals surface area contributed by atoms with Crippen LogP contribution in [-0.4, -0.2) is 25.3 Å². The van der Waals surface area contributed by atoms with Gasteiger partial charge in [-0.1, -0.05) is 11.6 Å². The van der Waals surface area contributed by atoms with Crippen LogP contribution in [0.2, 0.25) is 5.02 Å². The third-order valence-corrected chi connectivity index (χ3v) is 4.80. The SMILES string of the molecule is COc1ccc(Cl)cc1NS(=O)(=O)c1cn(C(C)C)nc1C. The smallest absolute Gasteiger partial charge is 0.265 e. The lowest BCUT2D eigenvalue weighted by molar-refractivity contribution is 0.417. The Bertz CT molecular complexity index is 785. The van der Waals surface area contributed by atoms with Crippen molar-refractivity contribution in [3.63, 3.8) is 0 Å². The van der Waals surface area contributed by atoms with Gasteiger partial charge >= 0.3 is 0 Å². The van der Waals surface area contributed by atoms with E-state index in [9.17, 15) is 8.42 Å². The van der Waals surface area contributed by atoms with E-state index in [1.165, 1.54) is 19.4 Å². The number of halogens is 1. The van der Waals surface area contributed by atoms with Crippen LogP contribution in [0.25, 0.3) is 0 Å². The molecule has 1 aromatic carbocycles. The highest BCUT2D eigenvalue weighted by molar-refractivity contribution is 7.92. The van der Waals surface area contributed by atoms with Crippen molar-refractivity contribution < 1.29 is 13.2 Å². The van der Waals surface area contributed by atoms with E-state index < -0.39 is 10.0 Å². The summed E-state index contributed by atoms with van der Waals surface area (Å²) in [6.45, 7) is 5.51. The molecule has 0 bridgehead atoms. The zero-order valence-electron chi connectivity index (χ0n) is 12.8. The zero-order chi connectivity index (χ0) is 16.5. The number of methoxy groups -OCH3 is 1. The number of hydrogen-bond donors (Lipinski definition) is 1. The van der Waals surface area contributed by atoms with E-state index >= 15 is 0 Å². The van der Waals surface area contributed by atoms with Crippen molar-refractivity contribution in [1.29, 1.82) is 0 Å². The fraction of sp³-hybridized carbons (Fsp3) is 0.357. The summed E-state index contributed by atoms with van der Waals surface area (Å²) < 4.78 is 34.4. The second kappa shape index (κ2) is 6.18. The highest BCUT2D eigenvalue weighted by atomic mass is 35.5. The molecule has 2 aromatic rings. The van der Waals surface area contributed by atoms with Crippen molar-refractivity contribution in [2.75, 3.05) is 11.8 Å². The van der Waals surface area contributed by atoms with Crippen LogP contribution in [0.1, 0.15) is 25.6 Å². The number of rotatable bonds is 5. The van der Waals surface area contributed by atoms with Gasteiger partial charge in [-0.25, -0.2) is 8.42 Å². The van der Waals surface area contributed by atoms with E-state index in [2.05, 4.69) is 9.82 Å². The Kier molecular flexibility index (Phi) is 4.67. The lowest BCUT2D eigenvalue weighted by Gasteiger charge is -2.11. The van der Waals surface area contributed by atoms with Gasteiger partial charge in [-0.2, -0.15) is 5.10 Å². The van der Waals surface area contributed by atoms with Crippen molar-refractivity contribution in [2.24, 2.45) is 0 Å². The molecule has 0 amide bonds. The summed E-state index contributed by atoms with van der Waals surface area (Å²) in [7, 11) is -2.32. The highest BCUT2D eigenvalue weighted by Gasteiger charge is 2.22. The van der Waals surface area contributed by atoms with Gasteiger partial charge in [-0.05, 0) is 39.0 Å². The quantitative estimate of drug-likeness (QED) is 0.904. The van der Waals surface area contributed by atoms with Crippen molar-refractivity contribution >= 4 is 27.3 Å². The van der Waals surface area contributed by atoms with E-state index in [0.717, 1.165) is 0 Å². The van der Waals surface area contributed by atoms with Crippen LogP contribution in [0.5, 0.6) is 5.75 Å². The Hall–Kier alpha value is -1.73. The first-order valence-corrected chi connectivity index (χ1v) is 8.53. The lowest BCUT2D eigenvalue weighted by atomic mass is 10.3. The summed E-state index contributed by atoms with van der Waals surface area (Å²) in [4.78, 5) is 0.128. The fourth-order valence-electron chi connectivity index (χ4n) is 1.95. The average molecular weight is 344 g/mol. The van der Waals surface area contributed by atoms with Gasteiger partial charge in [0.1, 0.15) is 10.6 Å². The van der Waals surface area contributed by atoms with Gasteiger partial charge < -0.3 is 4.74 Å². The second-order valence-electron chi connectivity index (χ2n) is 5.10. The standard InChI is InChI=1S/C14H18ClN3O3S/c1-9(2)18-8-14(10(3)16-18)22(19,20)17-12-7-11(15)5-6-13(12)21-4/h5-9,17H,1-4H3. The molecular weight excluding hydrogens is 326 g/mol. The minimum absolute atomic E-state index is 0.0726. The molecular formula is C14H18ClN3O3S. The van der Waals surface area contributed by atoms with Gasteiger partial charge in [-0.3, -0.25) is 9.40 Å². The molecule has 120 valence electrons. The molecule has 0 saturated heterocycles. The van der Waals surface area contributed by atoms with Crippen LogP contribution in [0.3, 0.4) is 0 Å². The Labute approximate surface area is 135 Å². The molecule has 0 fully saturated rings. The molecule has 0 aliphatic carbocycles. The molecule has 2 rings (SSSR count). The second-order valence-corrected chi connectivity index (χ2v) is 7.19. The summed E-state index contributed by atoms with van der Waals surface area (Å²) in [6, 6.07) is 4.80. The zero-order valence-corrected chi connectivity index (χ0v) is 14.4. The van der Waals surface area contributed by atoms with E-state index in [1.54, 1.807) is 23.7 Å². The molecule has 0 radical (unpaired) electrons. The Morgan fingerprint density at radius 1 is 1.36 bits per heavy atom. The maximum absolute atomic E-state index is 12.6. The molecule has 1 N–H and O–H groups in total. The van der Waals surface area contributed by atoms with Crippen molar-refractivity contribution in [2.45, 2.75) is 31.7 Å². The molecule has 0 aliphatic heterocycles. The summed E-state index contributed by atoms with van der Waals surface area (Å²) in [5.74, 6) is 0.391. The summed E-state index contributed by atoms with van der Waals surface area (Å²) in [5.41, 5.74) is 0.717. The summed E-state index contributed by atoms with van der Waals surface area (Å²) in [5, 5.41) is 4.63. The van der Waals surface area contributed by atoms with Gasteiger partial charge in [-0.15, -0.1) is 0 Å². The minimum atomic E-state index is -3.78. The normalized spacial score (nSPS) is 11.7.